The Morgan fingerprint density at radius 1 is 1.50 bits per heavy atom. The first kappa shape index (κ1) is 10.0. The van der Waals surface area contributed by atoms with Crippen LogP contribution in [0.2, 0.25) is 0 Å². The first-order valence-electron chi connectivity index (χ1n) is 4.91. The van der Waals surface area contributed by atoms with Crippen LogP contribution in [0.15, 0.2) is 0 Å². The summed E-state index contributed by atoms with van der Waals surface area (Å²) < 4.78 is 0. The molecule has 0 aliphatic heterocycles. The van der Waals surface area contributed by atoms with E-state index in [1.165, 1.54) is 12.8 Å². The molecule has 1 saturated carbocycles. The maximum atomic E-state index is 8.81. The molecule has 0 aromatic carbocycles. The van der Waals surface area contributed by atoms with Crippen molar-refractivity contribution >= 4 is 0 Å². The van der Waals surface area contributed by atoms with Crippen molar-refractivity contribution in [2.45, 2.75) is 45.6 Å². The first-order valence-corrected chi connectivity index (χ1v) is 4.91. The van der Waals surface area contributed by atoms with E-state index in [9.17, 15) is 0 Å². The molecule has 1 aliphatic rings. The molecule has 3 N–H and O–H groups in total. The first-order chi connectivity index (χ1) is 5.55. The van der Waals surface area contributed by atoms with Crippen LogP contribution in [0.3, 0.4) is 0 Å². The predicted molar refractivity (Wildman–Crippen MR) is 50.8 cm³/mol. The van der Waals surface area contributed by atoms with Crippen molar-refractivity contribution in [3.05, 3.63) is 0 Å². The van der Waals surface area contributed by atoms with Gasteiger partial charge >= 0.3 is 0 Å². The van der Waals surface area contributed by atoms with E-state index in [0.717, 1.165) is 12.8 Å². The lowest BCUT2D eigenvalue weighted by Crippen LogP contribution is -2.40. The zero-order chi connectivity index (χ0) is 9.19. The van der Waals surface area contributed by atoms with E-state index >= 15 is 0 Å². The number of hydrogen-bond acceptors (Lipinski definition) is 2. The van der Waals surface area contributed by atoms with Gasteiger partial charge < -0.3 is 10.8 Å². The van der Waals surface area contributed by atoms with Gasteiger partial charge in [-0.05, 0) is 37.0 Å². The van der Waals surface area contributed by atoms with Gasteiger partial charge in [0.2, 0.25) is 0 Å². The van der Waals surface area contributed by atoms with E-state index < -0.39 is 0 Å². The molecular formula is C10H21NO. The summed E-state index contributed by atoms with van der Waals surface area (Å²) in [5.74, 6) is 0.558. The largest absolute Gasteiger partial charge is 0.396 e. The Labute approximate surface area is 75.2 Å². The summed E-state index contributed by atoms with van der Waals surface area (Å²) in [6, 6.07) is 0.306. The predicted octanol–water partition coefficient (Wildman–Crippen LogP) is 1.52. The molecular weight excluding hydrogens is 150 g/mol. The van der Waals surface area contributed by atoms with Gasteiger partial charge in [0, 0.05) is 12.6 Å². The van der Waals surface area contributed by atoms with Gasteiger partial charge in [0.05, 0.1) is 0 Å². The summed E-state index contributed by atoms with van der Waals surface area (Å²) in [7, 11) is 0. The van der Waals surface area contributed by atoms with Crippen LogP contribution in [-0.2, 0) is 0 Å². The molecule has 0 aromatic heterocycles. The van der Waals surface area contributed by atoms with Crippen LogP contribution in [0.1, 0.15) is 39.5 Å². The van der Waals surface area contributed by atoms with Gasteiger partial charge in [0.25, 0.3) is 0 Å². The van der Waals surface area contributed by atoms with Crippen LogP contribution in [0.5, 0.6) is 0 Å². The Morgan fingerprint density at radius 3 is 2.67 bits per heavy atom. The van der Waals surface area contributed by atoms with Gasteiger partial charge in [-0.2, -0.15) is 0 Å². The highest BCUT2D eigenvalue weighted by molar-refractivity contribution is 4.86. The number of aliphatic hydroxyl groups is 1. The normalized spacial score (nSPS) is 35.0. The van der Waals surface area contributed by atoms with E-state index in [1.54, 1.807) is 0 Å². The average molecular weight is 171 g/mol. The summed E-state index contributed by atoms with van der Waals surface area (Å²) in [5.41, 5.74) is 6.45. The van der Waals surface area contributed by atoms with Crippen LogP contribution in [0, 0.1) is 11.3 Å². The third-order valence-electron chi connectivity index (χ3n) is 3.09. The van der Waals surface area contributed by atoms with Crippen molar-refractivity contribution < 1.29 is 5.11 Å². The summed E-state index contributed by atoms with van der Waals surface area (Å²) in [6.07, 6.45) is 4.44. The number of aliphatic hydroxyl groups excluding tert-OH is 1. The summed E-state index contributed by atoms with van der Waals surface area (Å²) in [4.78, 5) is 0. The Kier molecular flexibility index (Phi) is 3.13. The molecule has 72 valence electrons. The number of hydrogen-bond donors (Lipinski definition) is 2. The molecule has 0 amide bonds. The number of rotatable bonds is 2. The average Bonchev–Trinajstić information content (AvgIpc) is 1.94. The second kappa shape index (κ2) is 3.75. The van der Waals surface area contributed by atoms with Crippen molar-refractivity contribution in [1.82, 2.24) is 0 Å². The third kappa shape index (κ3) is 2.46. The molecule has 12 heavy (non-hydrogen) atoms. The zero-order valence-corrected chi connectivity index (χ0v) is 8.21. The molecule has 0 saturated heterocycles. The topological polar surface area (TPSA) is 46.2 Å². The van der Waals surface area contributed by atoms with Gasteiger partial charge in [-0.1, -0.05) is 13.8 Å². The second-order valence-corrected chi connectivity index (χ2v) is 4.84. The minimum atomic E-state index is 0.290. The van der Waals surface area contributed by atoms with E-state index in [4.69, 9.17) is 10.8 Å². The SMILES string of the molecule is CC1(C)CC[C@H](CCO)[C@@H](N)C1. The molecule has 1 fully saturated rings. The molecule has 0 heterocycles. The van der Waals surface area contributed by atoms with Gasteiger partial charge in [-0.25, -0.2) is 0 Å². The molecule has 0 spiro atoms. The third-order valence-corrected chi connectivity index (χ3v) is 3.09. The van der Waals surface area contributed by atoms with E-state index in [2.05, 4.69) is 13.8 Å². The molecule has 0 aromatic rings. The van der Waals surface area contributed by atoms with Crippen LogP contribution in [-0.4, -0.2) is 17.8 Å². The smallest absolute Gasteiger partial charge is 0.0434 e. The fourth-order valence-corrected chi connectivity index (χ4v) is 2.22. The van der Waals surface area contributed by atoms with Gasteiger partial charge in [-0.3, -0.25) is 0 Å². The molecule has 1 rings (SSSR count). The summed E-state index contributed by atoms with van der Waals surface area (Å²) in [6.45, 7) is 4.85. The van der Waals surface area contributed by atoms with E-state index in [-0.39, 0.29) is 0 Å². The van der Waals surface area contributed by atoms with Crippen molar-refractivity contribution in [2.24, 2.45) is 17.1 Å². The van der Waals surface area contributed by atoms with Crippen molar-refractivity contribution in [3.8, 4) is 0 Å². The fraction of sp³-hybridized carbons (Fsp3) is 1.00. The lowest BCUT2D eigenvalue weighted by Gasteiger charge is -2.38. The molecule has 2 nitrogen and oxygen atoms in total. The van der Waals surface area contributed by atoms with Crippen molar-refractivity contribution in [1.29, 1.82) is 0 Å². The summed E-state index contributed by atoms with van der Waals surface area (Å²) in [5, 5.41) is 8.81. The maximum Gasteiger partial charge on any atom is 0.0434 e. The molecule has 0 bridgehead atoms. The van der Waals surface area contributed by atoms with Crippen LogP contribution >= 0.6 is 0 Å². The maximum absolute atomic E-state index is 8.81. The van der Waals surface area contributed by atoms with Crippen molar-refractivity contribution in [2.75, 3.05) is 6.61 Å². The summed E-state index contributed by atoms with van der Waals surface area (Å²) >= 11 is 0. The highest BCUT2D eigenvalue weighted by Gasteiger charge is 2.32. The molecule has 2 atom stereocenters. The van der Waals surface area contributed by atoms with Gasteiger partial charge in [0.1, 0.15) is 0 Å². The lowest BCUT2D eigenvalue weighted by molar-refractivity contribution is 0.138. The van der Waals surface area contributed by atoms with E-state index in [0.29, 0.717) is 24.0 Å². The molecule has 2 heteroatoms. The second-order valence-electron chi connectivity index (χ2n) is 4.84. The Bertz CT molecular complexity index is 145. The number of nitrogens with two attached hydrogens (primary N) is 1. The van der Waals surface area contributed by atoms with Crippen molar-refractivity contribution in [3.63, 3.8) is 0 Å². The monoisotopic (exact) mass is 171 g/mol. The van der Waals surface area contributed by atoms with Gasteiger partial charge in [0.15, 0.2) is 0 Å². The highest BCUT2D eigenvalue weighted by Crippen LogP contribution is 2.38. The Hall–Kier alpha value is -0.0800. The Balaban J connectivity index is 2.42. The lowest BCUT2D eigenvalue weighted by atomic mass is 9.70. The van der Waals surface area contributed by atoms with Crippen LogP contribution < -0.4 is 5.73 Å². The molecule has 0 unspecified atom stereocenters. The highest BCUT2D eigenvalue weighted by atomic mass is 16.3. The quantitative estimate of drug-likeness (QED) is 0.661. The fourth-order valence-electron chi connectivity index (χ4n) is 2.22. The Morgan fingerprint density at radius 2 is 2.17 bits per heavy atom. The van der Waals surface area contributed by atoms with Gasteiger partial charge in [-0.15, -0.1) is 0 Å². The molecule has 0 radical (unpaired) electrons. The van der Waals surface area contributed by atoms with E-state index in [1.807, 2.05) is 0 Å². The minimum Gasteiger partial charge on any atom is -0.396 e. The zero-order valence-electron chi connectivity index (χ0n) is 8.21. The van der Waals surface area contributed by atoms with Crippen LogP contribution in [0.4, 0.5) is 0 Å². The van der Waals surface area contributed by atoms with Crippen LogP contribution in [0.25, 0.3) is 0 Å². The minimum absolute atomic E-state index is 0.290. The standard InChI is InChI=1S/C10H21NO/c1-10(2)5-3-8(4-6-12)9(11)7-10/h8-9,12H,3-7,11H2,1-2H3/t8-,9+/m1/s1. The molecule has 1 aliphatic carbocycles.